The Morgan fingerprint density at radius 1 is 0.943 bits per heavy atom. The maximum absolute atomic E-state index is 13.1. The highest BCUT2D eigenvalue weighted by molar-refractivity contribution is 7.92. The smallest absolute Gasteiger partial charge is 0.261 e. The molecule has 1 atom stereocenters. The molecule has 10 heteroatoms. The summed E-state index contributed by atoms with van der Waals surface area (Å²) in [5.74, 6) is -1.17. The zero-order valence-corrected chi connectivity index (χ0v) is 19.1. The molecular formula is C25H19N3O6S. The van der Waals surface area contributed by atoms with E-state index in [-0.39, 0.29) is 36.1 Å². The summed E-state index contributed by atoms with van der Waals surface area (Å²) in [5.41, 5.74) is 2.59. The zero-order valence-electron chi connectivity index (χ0n) is 18.3. The average Bonchev–Trinajstić information content (AvgIpc) is 3.36. The van der Waals surface area contributed by atoms with Crippen molar-refractivity contribution < 1.29 is 27.2 Å². The predicted molar refractivity (Wildman–Crippen MR) is 127 cm³/mol. The fourth-order valence-electron chi connectivity index (χ4n) is 4.72. The van der Waals surface area contributed by atoms with Crippen molar-refractivity contribution in [3.63, 3.8) is 0 Å². The van der Waals surface area contributed by atoms with E-state index in [0.717, 1.165) is 5.39 Å². The molecule has 2 aliphatic rings. The molecule has 2 N–H and O–H groups in total. The highest BCUT2D eigenvalue weighted by Crippen LogP contribution is 2.32. The van der Waals surface area contributed by atoms with Crippen molar-refractivity contribution in [2.24, 2.45) is 0 Å². The number of nitrogens with one attached hydrogen (secondary N) is 2. The van der Waals surface area contributed by atoms with E-state index in [9.17, 15) is 22.8 Å². The molecule has 0 spiro atoms. The second-order valence-electron chi connectivity index (χ2n) is 8.63. The molecule has 35 heavy (non-hydrogen) atoms. The molecule has 3 amide bonds. The number of anilines is 1. The van der Waals surface area contributed by atoms with Crippen molar-refractivity contribution in [2.45, 2.75) is 30.3 Å². The quantitative estimate of drug-likeness (QED) is 0.424. The van der Waals surface area contributed by atoms with E-state index in [1.807, 2.05) is 24.3 Å². The van der Waals surface area contributed by atoms with Gasteiger partial charge in [-0.05, 0) is 54.4 Å². The van der Waals surface area contributed by atoms with Crippen LogP contribution in [0, 0.1) is 0 Å². The van der Waals surface area contributed by atoms with Gasteiger partial charge in [0.15, 0.2) is 0 Å². The number of imide groups is 1. The lowest BCUT2D eigenvalue weighted by Gasteiger charge is -2.29. The van der Waals surface area contributed by atoms with Crippen LogP contribution in [0.5, 0.6) is 0 Å². The van der Waals surface area contributed by atoms with Gasteiger partial charge < -0.3 is 9.32 Å². The van der Waals surface area contributed by atoms with E-state index in [4.69, 9.17) is 4.42 Å². The number of carbonyl (C=O) groups is 3. The number of sulfonamides is 1. The fourth-order valence-corrected chi connectivity index (χ4v) is 5.80. The maximum Gasteiger partial charge on any atom is 0.261 e. The van der Waals surface area contributed by atoms with Gasteiger partial charge in [0.05, 0.1) is 4.90 Å². The molecule has 0 saturated carbocycles. The second kappa shape index (κ2) is 7.67. The third kappa shape index (κ3) is 3.53. The Labute approximate surface area is 199 Å². The van der Waals surface area contributed by atoms with E-state index < -0.39 is 22.0 Å². The monoisotopic (exact) mass is 489 g/mol. The van der Waals surface area contributed by atoms with Crippen LogP contribution in [0.25, 0.3) is 21.9 Å². The van der Waals surface area contributed by atoms with Crippen molar-refractivity contribution in [2.75, 3.05) is 4.72 Å². The third-order valence-corrected chi connectivity index (χ3v) is 7.81. The minimum absolute atomic E-state index is 0.0818. The molecule has 1 saturated heterocycles. The first-order chi connectivity index (χ1) is 16.8. The van der Waals surface area contributed by atoms with Crippen LogP contribution in [0.2, 0.25) is 0 Å². The third-order valence-electron chi connectivity index (χ3n) is 6.43. The summed E-state index contributed by atoms with van der Waals surface area (Å²) in [4.78, 5) is 38.0. The number of amides is 3. The topological polar surface area (TPSA) is 126 Å². The Bertz CT molecular complexity index is 1670. The van der Waals surface area contributed by atoms with Gasteiger partial charge in [-0.2, -0.15) is 0 Å². The molecule has 3 heterocycles. The Kier molecular flexibility index (Phi) is 4.68. The first-order valence-electron chi connectivity index (χ1n) is 11.0. The van der Waals surface area contributed by atoms with Gasteiger partial charge in [0.2, 0.25) is 11.8 Å². The number of rotatable bonds is 4. The highest BCUT2D eigenvalue weighted by Gasteiger charge is 2.39. The van der Waals surface area contributed by atoms with Crippen LogP contribution in [-0.4, -0.2) is 37.1 Å². The molecule has 6 rings (SSSR count). The van der Waals surface area contributed by atoms with E-state index in [0.29, 0.717) is 33.4 Å². The molecule has 4 aromatic rings. The summed E-state index contributed by atoms with van der Waals surface area (Å²) < 4.78 is 34.7. The molecule has 1 unspecified atom stereocenters. The predicted octanol–water partition coefficient (Wildman–Crippen LogP) is 3.15. The van der Waals surface area contributed by atoms with Crippen LogP contribution in [0.1, 0.15) is 28.8 Å². The minimum atomic E-state index is -3.92. The average molecular weight is 490 g/mol. The standard InChI is InChI=1S/C25H19N3O6S/c29-23-10-8-20(24(30)26-23)28-13-14-11-15(5-7-17(14)25(28)31)27-35(32,33)16-6-9-22-19(12-16)18-3-1-2-4-21(18)34-22/h1-7,9,11-12,20,27H,8,10,13H2,(H,26,29,30). The molecule has 1 fully saturated rings. The molecule has 9 nitrogen and oxygen atoms in total. The lowest BCUT2D eigenvalue weighted by atomic mass is 10.0. The molecule has 2 aliphatic heterocycles. The Balaban J connectivity index is 1.27. The minimum Gasteiger partial charge on any atom is -0.456 e. The Morgan fingerprint density at radius 2 is 1.74 bits per heavy atom. The van der Waals surface area contributed by atoms with Gasteiger partial charge in [-0.25, -0.2) is 8.42 Å². The number of hydrogen-bond acceptors (Lipinski definition) is 6. The van der Waals surface area contributed by atoms with Crippen molar-refractivity contribution in [3.05, 3.63) is 71.8 Å². The number of nitrogens with zero attached hydrogens (tertiary/aromatic N) is 1. The van der Waals surface area contributed by atoms with Crippen LogP contribution in [0.4, 0.5) is 5.69 Å². The summed E-state index contributed by atoms with van der Waals surface area (Å²) in [6, 6.07) is 16.0. The van der Waals surface area contributed by atoms with Crippen molar-refractivity contribution in [1.29, 1.82) is 0 Å². The summed E-state index contributed by atoms with van der Waals surface area (Å²) in [6.07, 6.45) is 0.424. The lowest BCUT2D eigenvalue weighted by Crippen LogP contribution is -2.52. The van der Waals surface area contributed by atoms with Crippen molar-refractivity contribution >= 4 is 55.4 Å². The zero-order chi connectivity index (χ0) is 24.3. The van der Waals surface area contributed by atoms with Crippen LogP contribution in [-0.2, 0) is 26.2 Å². The van der Waals surface area contributed by atoms with Gasteiger partial charge >= 0.3 is 0 Å². The number of piperidine rings is 1. The molecular weight excluding hydrogens is 470 g/mol. The van der Waals surface area contributed by atoms with E-state index in [1.165, 1.54) is 17.0 Å². The normalized spacial score (nSPS) is 18.2. The van der Waals surface area contributed by atoms with Crippen molar-refractivity contribution in [1.82, 2.24) is 10.2 Å². The summed E-state index contributed by atoms with van der Waals surface area (Å²) in [7, 11) is -3.92. The lowest BCUT2D eigenvalue weighted by molar-refractivity contribution is -0.136. The Hall–Kier alpha value is -4.18. The van der Waals surface area contributed by atoms with E-state index >= 15 is 0 Å². The molecule has 0 radical (unpaired) electrons. The number of fused-ring (bicyclic) bond motifs is 4. The number of hydrogen-bond donors (Lipinski definition) is 2. The summed E-state index contributed by atoms with van der Waals surface area (Å²) in [6.45, 7) is 0.156. The number of furan rings is 1. The highest BCUT2D eigenvalue weighted by atomic mass is 32.2. The fraction of sp³-hybridized carbons (Fsp3) is 0.160. The van der Waals surface area contributed by atoms with Gasteiger partial charge in [0, 0.05) is 35.0 Å². The molecule has 0 bridgehead atoms. The van der Waals surface area contributed by atoms with E-state index in [2.05, 4.69) is 10.0 Å². The van der Waals surface area contributed by atoms with Gasteiger partial charge in [-0.3, -0.25) is 24.4 Å². The van der Waals surface area contributed by atoms with Crippen LogP contribution < -0.4 is 10.0 Å². The van der Waals surface area contributed by atoms with Gasteiger partial charge in [-0.15, -0.1) is 0 Å². The number of para-hydroxylation sites is 1. The number of carbonyl (C=O) groups excluding carboxylic acids is 3. The first kappa shape index (κ1) is 21.4. The summed E-state index contributed by atoms with van der Waals surface area (Å²) >= 11 is 0. The van der Waals surface area contributed by atoms with Crippen LogP contribution in [0.15, 0.2) is 70.0 Å². The maximum atomic E-state index is 13.1. The molecule has 176 valence electrons. The van der Waals surface area contributed by atoms with Crippen molar-refractivity contribution in [3.8, 4) is 0 Å². The molecule has 0 aliphatic carbocycles. The van der Waals surface area contributed by atoms with Gasteiger partial charge in [0.25, 0.3) is 15.9 Å². The molecule has 1 aromatic heterocycles. The molecule has 3 aromatic carbocycles. The van der Waals surface area contributed by atoms with Crippen LogP contribution >= 0.6 is 0 Å². The van der Waals surface area contributed by atoms with E-state index in [1.54, 1.807) is 24.3 Å². The van der Waals surface area contributed by atoms with Gasteiger partial charge in [0.1, 0.15) is 17.2 Å². The SMILES string of the molecule is O=C1CCC(N2Cc3cc(NS(=O)(=O)c4ccc5oc6ccccc6c5c4)ccc3C2=O)C(=O)N1. The second-order valence-corrected chi connectivity index (χ2v) is 10.3. The van der Waals surface area contributed by atoms with Crippen LogP contribution in [0.3, 0.4) is 0 Å². The Morgan fingerprint density at radius 3 is 2.57 bits per heavy atom. The largest absolute Gasteiger partial charge is 0.456 e. The van der Waals surface area contributed by atoms with Gasteiger partial charge in [-0.1, -0.05) is 18.2 Å². The first-order valence-corrected chi connectivity index (χ1v) is 12.5. The summed E-state index contributed by atoms with van der Waals surface area (Å²) in [5, 5.41) is 3.79. The number of benzene rings is 3.